The first kappa shape index (κ1) is 22.1. The smallest absolute Gasteiger partial charge is 0.251 e. The molecule has 0 radical (unpaired) electrons. The van der Waals surface area contributed by atoms with Gasteiger partial charge in [-0.25, -0.2) is 4.98 Å². The maximum atomic E-state index is 12.7. The highest BCUT2D eigenvalue weighted by molar-refractivity contribution is 6.33. The zero-order chi connectivity index (χ0) is 21.7. The Morgan fingerprint density at radius 3 is 2.47 bits per heavy atom. The largest absolute Gasteiger partial charge is 0.394 e. The highest BCUT2D eigenvalue weighted by atomic mass is 35.5. The highest BCUT2D eigenvalue weighted by Crippen LogP contribution is 2.30. The molecular formula is C23H23Cl2N3O2. The van der Waals surface area contributed by atoms with Crippen molar-refractivity contribution in [3.8, 4) is 11.1 Å². The predicted octanol–water partition coefficient (Wildman–Crippen LogP) is 5.34. The Bertz CT molecular complexity index is 1020. The summed E-state index contributed by atoms with van der Waals surface area (Å²) in [7, 11) is 0. The Kier molecular flexibility index (Phi) is 7.32. The van der Waals surface area contributed by atoms with E-state index in [4.69, 9.17) is 23.2 Å². The molecule has 7 heteroatoms. The van der Waals surface area contributed by atoms with Gasteiger partial charge in [-0.1, -0.05) is 47.5 Å². The summed E-state index contributed by atoms with van der Waals surface area (Å²) in [6, 6.07) is 15.8. The van der Waals surface area contributed by atoms with Crippen molar-refractivity contribution in [2.75, 3.05) is 11.9 Å². The number of pyridine rings is 1. The van der Waals surface area contributed by atoms with Crippen molar-refractivity contribution in [3.63, 3.8) is 0 Å². The monoisotopic (exact) mass is 443 g/mol. The van der Waals surface area contributed by atoms with Crippen LogP contribution in [0.5, 0.6) is 0 Å². The lowest BCUT2D eigenvalue weighted by molar-refractivity contribution is 0.0916. The molecule has 1 heterocycles. The molecular weight excluding hydrogens is 421 g/mol. The molecule has 5 nitrogen and oxygen atoms in total. The van der Waals surface area contributed by atoms with Crippen LogP contribution < -0.4 is 10.6 Å². The van der Waals surface area contributed by atoms with Gasteiger partial charge in [0.2, 0.25) is 0 Å². The van der Waals surface area contributed by atoms with Crippen LogP contribution in [0.3, 0.4) is 0 Å². The average Bonchev–Trinajstić information content (AvgIpc) is 2.73. The number of carbonyl (C=O) groups is 1. The van der Waals surface area contributed by atoms with Crippen molar-refractivity contribution >= 4 is 34.9 Å². The molecule has 2 aromatic carbocycles. The van der Waals surface area contributed by atoms with Crippen LogP contribution in [0.2, 0.25) is 10.0 Å². The van der Waals surface area contributed by atoms with Crippen LogP contribution in [0, 0.1) is 0 Å². The Balaban J connectivity index is 1.77. The summed E-state index contributed by atoms with van der Waals surface area (Å²) in [6.07, 6.45) is 1.61. The third kappa shape index (κ3) is 5.51. The number of benzene rings is 2. The number of aliphatic hydroxyl groups is 1. The third-order valence-electron chi connectivity index (χ3n) is 4.49. The summed E-state index contributed by atoms with van der Waals surface area (Å²) < 4.78 is 0. The Morgan fingerprint density at radius 1 is 1.10 bits per heavy atom. The van der Waals surface area contributed by atoms with Crippen LogP contribution >= 0.6 is 23.2 Å². The first-order chi connectivity index (χ1) is 14.4. The van der Waals surface area contributed by atoms with Gasteiger partial charge in [0.05, 0.1) is 17.7 Å². The van der Waals surface area contributed by atoms with E-state index in [0.29, 0.717) is 15.6 Å². The van der Waals surface area contributed by atoms with Gasteiger partial charge < -0.3 is 15.7 Å². The van der Waals surface area contributed by atoms with E-state index >= 15 is 0 Å². The molecule has 0 fully saturated rings. The Morgan fingerprint density at radius 2 is 1.83 bits per heavy atom. The predicted molar refractivity (Wildman–Crippen MR) is 122 cm³/mol. The first-order valence-electron chi connectivity index (χ1n) is 9.57. The van der Waals surface area contributed by atoms with Crippen LogP contribution in [0.25, 0.3) is 11.1 Å². The maximum Gasteiger partial charge on any atom is 0.251 e. The quantitative estimate of drug-likeness (QED) is 0.460. The fourth-order valence-corrected chi connectivity index (χ4v) is 3.45. The number of amides is 1. The van der Waals surface area contributed by atoms with E-state index in [1.807, 2.05) is 38.1 Å². The van der Waals surface area contributed by atoms with Crippen molar-refractivity contribution in [1.82, 2.24) is 10.3 Å². The molecule has 30 heavy (non-hydrogen) atoms. The fraction of sp³-hybridized carbons (Fsp3) is 0.217. The molecule has 0 aliphatic carbocycles. The van der Waals surface area contributed by atoms with E-state index in [2.05, 4.69) is 15.6 Å². The number of nitrogens with one attached hydrogen (secondary N) is 2. The van der Waals surface area contributed by atoms with Gasteiger partial charge in [-0.3, -0.25) is 4.79 Å². The lowest BCUT2D eigenvalue weighted by atomic mass is 10.0. The molecule has 3 aromatic rings. The van der Waals surface area contributed by atoms with Gasteiger partial charge in [0.25, 0.3) is 5.91 Å². The summed E-state index contributed by atoms with van der Waals surface area (Å²) >= 11 is 12.3. The Labute approximate surface area is 186 Å². The zero-order valence-corrected chi connectivity index (χ0v) is 18.2. The standard InChI is InChI=1S/C23H23Cl2N3O2/c1-14(2)27-22-11-19(20(25)12-26-22)15-6-8-16(9-7-15)23(30)28-21(13-29)17-4-3-5-18(24)10-17/h3-12,14,21,29H,13H2,1-2H3,(H,26,27)(H,28,30)/t21-/m1/s1. The normalized spacial score (nSPS) is 11.9. The lowest BCUT2D eigenvalue weighted by Crippen LogP contribution is -2.30. The van der Waals surface area contributed by atoms with E-state index in [0.717, 1.165) is 22.5 Å². The summed E-state index contributed by atoms with van der Waals surface area (Å²) in [6.45, 7) is 3.83. The number of anilines is 1. The SMILES string of the molecule is CC(C)Nc1cc(-c2ccc(C(=O)N[C@H](CO)c3cccc(Cl)c3)cc2)c(Cl)cn1. The molecule has 3 rings (SSSR count). The summed E-state index contributed by atoms with van der Waals surface area (Å²) in [5.74, 6) is 0.446. The maximum absolute atomic E-state index is 12.7. The van der Waals surface area contributed by atoms with Crippen LogP contribution in [-0.2, 0) is 0 Å². The second-order valence-corrected chi connectivity index (χ2v) is 8.03. The number of halogens is 2. The minimum Gasteiger partial charge on any atom is -0.394 e. The van der Waals surface area contributed by atoms with E-state index in [9.17, 15) is 9.90 Å². The molecule has 1 aromatic heterocycles. The summed E-state index contributed by atoms with van der Waals surface area (Å²) in [5.41, 5.74) is 2.92. The number of aliphatic hydroxyl groups excluding tert-OH is 1. The van der Waals surface area contributed by atoms with E-state index < -0.39 is 6.04 Å². The molecule has 3 N–H and O–H groups in total. The molecule has 0 aliphatic rings. The molecule has 0 unspecified atom stereocenters. The number of hydrogen-bond donors (Lipinski definition) is 3. The van der Waals surface area contributed by atoms with Gasteiger partial charge in [-0.15, -0.1) is 0 Å². The Hall–Kier alpha value is -2.60. The fourth-order valence-electron chi connectivity index (χ4n) is 3.04. The zero-order valence-electron chi connectivity index (χ0n) is 16.7. The van der Waals surface area contributed by atoms with Gasteiger partial charge >= 0.3 is 0 Å². The molecule has 0 bridgehead atoms. The minimum absolute atomic E-state index is 0.234. The van der Waals surface area contributed by atoms with Gasteiger partial charge in [0.1, 0.15) is 5.82 Å². The van der Waals surface area contributed by atoms with Gasteiger partial charge in [0, 0.05) is 28.4 Å². The van der Waals surface area contributed by atoms with E-state index in [1.165, 1.54) is 0 Å². The van der Waals surface area contributed by atoms with Crippen molar-refractivity contribution < 1.29 is 9.90 Å². The van der Waals surface area contributed by atoms with Gasteiger partial charge in [0.15, 0.2) is 0 Å². The lowest BCUT2D eigenvalue weighted by Gasteiger charge is -2.17. The number of hydrogen-bond acceptors (Lipinski definition) is 4. The van der Waals surface area contributed by atoms with Gasteiger partial charge in [-0.05, 0) is 55.3 Å². The minimum atomic E-state index is -0.546. The van der Waals surface area contributed by atoms with Crippen molar-refractivity contribution in [1.29, 1.82) is 0 Å². The van der Waals surface area contributed by atoms with Crippen LogP contribution in [-0.4, -0.2) is 28.6 Å². The molecule has 0 saturated carbocycles. The number of aromatic nitrogens is 1. The van der Waals surface area contributed by atoms with E-state index in [-0.39, 0.29) is 18.6 Å². The second-order valence-electron chi connectivity index (χ2n) is 7.19. The van der Waals surface area contributed by atoms with Crippen molar-refractivity contribution in [2.45, 2.75) is 25.9 Å². The molecule has 0 spiro atoms. The molecule has 0 saturated heterocycles. The molecule has 156 valence electrons. The summed E-state index contributed by atoms with van der Waals surface area (Å²) in [5, 5.41) is 16.9. The van der Waals surface area contributed by atoms with Crippen LogP contribution in [0.15, 0.2) is 60.8 Å². The van der Waals surface area contributed by atoms with Crippen LogP contribution in [0.1, 0.15) is 35.8 Å². The van der Waals surface area contributed by atoms with Crippen molar-refractivity contribution in [3.05, 3.63) is 82.0 Å². The molecule has 1 atom stereocenters. The topological polar surface area (TPSA) is 74.2 Å². The third-order valence-corrected chi connectivity index (χ3v) is 5.03. The number of nitrogens with zero attached hydrogens (tertiary/aromatic N) is 1. The number of carbonyl (C=O) groups excluding carboxylic acids is 1. The highest BCUT2D eigenvalue weighted by Gasteiger charge is 2.16. The number of rotatable bonds is 7. The van der Waals surface area contributed by atoms with Gasteiger partial charge in [-0.2, -0.15) is 0 Å². The second kappa shape index (κ2) is 9.94. The average molecular weight is 444 g/mol. The van der Waals surface area contributed by atoms with E-state index in [1.54, 1.807) is 36.5 Å². The first-order valence-corrected chi connectivity index (χ1v) is 10.3. The summed E-state index contributed by atoms with van der Waals surface area (Å²) in [4.78, 5) is 16.9. The van der Waals surface area contributed by atoms with Crippen LogP contribution in [0.4, 0.5) is 5.82 Å². The molecule has 1 amide bonds. The molecule has 0 aliphatic heterocycles. The van der Waals surface area contributed by atoms with Crippen molar-refractivity contribution in [2.24, 2.45) is 0 Å².